The summed E-state index contributed by atoms with van der Waals surface area (Å²) in [6, 6.07) is 7.75. The largest absolute Gasteiger partial charge is 0.383 e. The van der Waals surface area contributed by atoms with Crippen LogP contribution in [-0.4, -0.2) is 21.6 Å². The van der Waals surface area contributed by atoms with Crippen LogP contribution in [0.15, 0.2) is 34.8 Å². The van der Waals surface area contributed by atoms with E-state index in [1.807, 2.05) is 43.5 Å². The monoisotopic (exact) mass is 344 g/mol. The summed E-state index contributed by atoms with van der Waals surface area (Å²) in [5.74, 6) is 0.606. The van der Waals surface area contributed by atoms with Crippen LogP contribution in [0.3, 0.4) is 0 Å². The molecule has 0 aliphatic carbocycles. The van der Waals surface area contributed by atoms with Gasteiger partial charge in [0.15, 0.2) is 5.16 Å². The molecule has 0 aliphatic rings. The first-order chi connectivity index (χ1) is 11.0. The summed E-state index contributed by atoms with van der Waals surface area (Å²) in [4.78, 5) is 21.6. The van der Waals surface area contributed by atoms with Gasteiger partial charge in [0.05, 0.1) is 11.1 Å². The molecule has 7 heteroatoms. The number of benzene rings is 1. The van der Waals surface area contributed by atoms with Crippen molar-refractivity contribution in [2.24, 2.45) is 0 Å². The third-order valence-electron chi connectivity index (χ3n) is 3.55. The number of hydrogen-bond acceptors (Lipinski definition) is 6. The minimum absolute atomic E-state index is 0.0860. The van der Waals surface area contributed by atoms with Crippen molar-refractivity contribution in [3.8, 4) is 0 Å². The number of anilines is 2. The van der Waals surface area contributed by atoms with Gasteiger partial charge in [-0.3, -0.25) is 4.79 Å². The maximum absolute atomic E-state index is 12.1. The van der Waals surface area contributed by atoms with Crippen molar-refractivity contribution in [2.75, 3.05) is 16.8 Å². The van der Waals surface area contributed by atoms with E-state index in [2.05, 4.69) is 15.3 Å². The van der Waals surface area contributed by atoms with Gasteiger partial charge in [-0.15, -0.1) is 11.3 Å². The molecule has 3 aromatic rings. The lowest BCUT2D eigenvalue weighted by Gasteiger charge is -2.10. The van der Waals surface area contributed by atoms with Gasteiger partial charge in [0.1, 0.15) is 10.6 Å². The summed E-state index contributed by atoms with van der Waals surface area (Å²) >= 11 is 2.79. The molecule has 0 fully saturated rings. The van der Waals surface area contributed by atoms with Gasteiger partial charge in [-0.25, -0.2) is 9.97 Å². The number of fused-ring (bicyclic) bond motifs is 1. The Labute approximate surface area is 142 Å². The molecule has 0 radical (unpaired) electrons. The average Bonchev–Trinajstić information content (AvgIpc) is 2.99. The quantitative estimate of drug-likeness (QED) is 0.558. The first-order valence-corrected chi connectivity index (χ1v) is 8.90. The molecule has 0 unspecified atom stereocenters. The SMILES string of the molecule is Cc1cccc(NC(=O)CSc2nc(N)c3ccsc3n2)c1C. The van der Waals surface area contributed by atoms with E-state index in [0.717, 1.165) is 27.0 Å². The zero-order valence-corrected chi connectivity index (χ0v) is 14.4. The molecule has 0 saturated carbocycles. The van der Waals surface area contributed by atoms with Gasteiger partial charge in [-0.05, 0) is 42.5 Å². The Morgan fingerprint density at radius 3 is 2.96 bits per heavy atom. The fraction of sp³-hybridized carbons (Fsp3) is 0.188. The van der Waals surface area contributed by atoms with Crippen molar-refractivity contribution >= 4 is 50.7 Å². The highest BCUT2D eigenvalue weighted by molar-refractivity contribution is 7.99. The van der Waals surface area contributed by atoms with Gasteiger partial charge < -0.3 is 11.1 Å². The molecule has 2 heterocycles. The second kappa shape index (κ2) is 6.55. The maximum Gasteiger partial charge on any atom is 0.234 e. The van der Waals surface area contributed by atoms with Crippen LogP contribution in [0, 0.1) is 13.8 Å². The molecule has 1 aromatic carbocycles. The summed E-state index contributed by atoms with van der Waals surface area (Å²) in [6.45, 7) is 4.01. The number of rotatable bonds is 4. The Bertz CT molecular complexity index is 876. The number of hydrogen-bond donors (Lipinski definition) is 2. The summed E-state index contributed by atoms with van der Waals surface area (Å²) in [6.07, 6.45) is 0. The Hall–Kier alpha value is -2.12. The molecule has 0 bridgehead atoms. The van der Waals surface area contributed by atoms with Crippen molar-refractivity contribution in [3.63, 3.8) is 0 Å². The lowest BCUT2D eigenvalue weighted by molar-refractivity contribution is -0.113. The first kappa shape index (κ1) is 15.8. The molecule has 3 N–H and O–H groups in total. The van der Waals surface area contributed by atoms with Crippen LogP contribution in [0.4, 0.5) is 11.5 Å². The van der Waals surface area contributed by atoms with Gasteiger partial charge in [-0.2, -0.15) is 0 Å². The highest BCUT2D eigenvalue weighted by atomic mass is 32.2. The van der Waals surface area contributed by atoms with E-state index in [0.29, 0.717) is 11.0 Å². The average molecular weight is 344 g/mol. The molecule has 3 rings (SSSR count). The highest BCUT2D eigenvalue weighted by Crippen LogP contribution is 2.26. The van der Waals surface area contributed by atoms with E-state index >= 15 is 0 Å². The minimum atomic E-state index is -0.0860. The van der Waals surface area contributed by atoms with Crippen LogP contribution in [0.2, 0.25) is 0 Å². The van der Waals surface area contributed by atoms with Crippen LogP contribution < -0.4 is 11.1 Å². The van der Waals surface area contributed by atoms with Gasteiger partial charge in [0.25, 0.3) is 0 Å². The molecule has 2 aromatic heterocycles. The Balaban J connectivity index is 1.67. The second-order valence-electron chi connectivity index (χ2n) is 5.12. The summed E-state index contributed by atoms with van der Waals surface area (Å²) in [5.41, 5.74) is 8.97. The predicted molar refractivity (Wildman–Crippen MR) is 97.1 cm³/mol. The molecule has 0 atom stereocenters. The number of carbonyl (C=O) groups excluding carboxylic acids is 1. The van der Waals surface area contributed by atoms with Crippen molar-refractivity contribution in [1.82, 2.24) is 9.97 Å². The standard InChI is InChI=1S/C16H16N4OS2/c1-9-4-3-5-12(10(9)2)18-13(21)8-23-16-19-14(17)11-6-7-22-15(11)20-16/h3-7H,8H2,1-2H3,(H,18,21)(H2,17,19,20). The topological polar surface area (TPSA) is 80.9 Å². The normalized spacial score (nSPS) is 10.9. The lowest BCUT2D eigenvalue weighted by Crippen LogP contribution is -2.15. The summed E-state index contributed by atoms with van der Waals surface area (Å²) in [7, 11) is 0. The van der Waals surface area contributed by atoms with Crippen LogP contribution in [0.25, 0.3) is 10.2 Å². The van der Waals surface area contributed by atoms with E-state index in [4.69, 9.17) is 5.73 Å². The Kier molecular flexibility index (Phi) is 4.49. The van der Waals surface area contributed by atoms with E-state index in [1.165, 1.54) is 23.1 Å². The molecule has 5 nitrogen and oxygen atoms in total. The number of nitrogens with two attached hydrogens (primary N) is 1. The van der Waals surface area contributed by atoms with Gasteiger partial charge in [0, 0.05) is 5.69 Å². The molecule has 0 spiro atoms. The zero-order valence-electron chi connectivity index (χ0n) is 12.8. The number of aromatic nitrogens is 2. The van der Waals surface area contributed by atoms with Crippen molar-refractivity contribution in [1.29, 1.82) is 0 Å². The number of nitrogen functional groups attached to an aromatic ring is 1. The molecular formula is C16H16N4OS2. The number of amides is 1. The molecule has 0 aliphatic heterocycles. The molecular weight excluding hydrogens is 328 g/mol. The number of thioether (sulfide) groups is 1. The molecule has 1 amide bonds. The predicted octanol–water partition coefficient (Wildman–Crippen LogP) is 3.62. The smallest absolute Gasteiger partial charge is 0.234 e. The summed E-state index contributed by atoms with van der Waals surface area (Å²) < 4.78 is 0. The van der Waals surface area contributed by atoms with Crippen molar-refractivity contribution < 1.29 is 4.79 Å². The van der Waals surface area contributed by atoms with Crippen molar-refractivity contribution in [2.45, 2.75) is 19.0 Å². The molecule has 118 valence electrons. The lowest BCUT2D eigenvalue weighted by atomic mass is 10.1. The zero-order chi connectivity index (χ0) is 16.4. The minimum Gasteiger partial charge on any atom is -0.383 e. The fourth-order valence-corrected chi connectivity index (χ4v) is 3.61. The van der Waals surface area contributed by atoms with Gasteiger partial charge in [0.2, 0.25) is 5.91 Å². The van der Waals surface area contributed by atoms with Crippen LogP contribution in [0.5, 0.6) is 0 Å². The maximum atomic E-state index is 12.1. The second-order valence-corrected chi connectivity index (χ2v) is 6.95. The molecule has 0 saturated heterocycles. The Morgan fingerprint density at radius 1 is 1.30 bits per heavy atom. The number of carbonyl (C=O) groups is 1. The van der Waals surface area contributed by atoms with E-state index in [1.54, 1.807) is 0 Å². The number of aryl methyl sites for hydroxylation is 1. The van der Waals surface area contributed by atoms with Gasteiger partial charge >= 0.3 is 0 Å². The van der Waals surface area contributed by atoms with Crippen LogP contribution >= 0.6 is 23.1 Å². The summed E-state index contributed by atoms with van der Waals surface area (Å²) in [5, 5.41) is 6.23. The number of thiophene rings is 1. The van der Waals surface area contributed by atoms with Crippen LogP contribution in [-0.2, 0) is 4.79 Å². The van der Waals surface area contributed by atoms with Crippen LogP contribution in [0.1, 0.15) is 11.1 Å². The Morgan fingerprint density at radius 2 is 2.13 bits per heavy atom. The third kappa shape index (κ3) is 3.46. The highest BCUT2D eigenvalue weighted by Gasteiger charge is 2.10. The van der Waals surface area contributed by atoms with Crippen molar-refractivity contribution in [3.05, 3.63) is 40.8 Å². The van der Waals surface area contributed by atoms with Gasteiger partial charge in [-0.1, -0.05) is 23.9 Å². The number of nitrogens with zero attached hydrogens (tertiary/aromatic N) is 2. The fourth-order valence-electron chi connectivity index (χ4n) is 2.13. The van der Waals surface area contributed by atoms with E-state index in [9.17, 15) is 4.79 Å². The van der Waals surface area contributed by atoms with E-state index < -0.39 is 0 Å². The number of nitrogens with one attached hydrogen (secondary N) is 1. The molecule has 23 heavy (non-hydrogen) atoms. The van der Waals surface area contributed by atoms with E-state index in [-0.39, 0.29) is 11.7 Å². The first-order valence-electron chi connectivity index (χ1n) is 7.04. The third-order valence-corrected chi connectivity index (χ3v) is 5.20.